The predicted octanol–water partition coefficient (Wildman–Crippen LogP) is 2.80. The lowest BCUT2D eigenvalue weighted by atomic mass is 10.0. The molecule has 1 aliphatic heterocycles. The highest BCUT2D eigenvalue weighted by Gasteiger charge is 2.64. The third-order valence-electron chi connectivity index (χ3n) is 6.28. The van der Waals surface area contributed by atoms with Gasteiger partial charge in [-0.25, -0.2) is 0 Å². The summed E-state index contributed by atoms with van der Waals surface area (Å²) < 4.78 is 5.57. The molecule has 106 valence electrons. The van der Waals surface area contributed by atoms with Crippen molar-refractivity contribution in [2.24, 2.45) is 23.7 Å². The van der Waals surface area contributed by atoms with Crippen molar-refractivity contribution in [2.75, 3.05) is 13.2 Å². The van der Waals surface area contributed by atoms with Gasteiger partial charge < -0.3 is 10.1 Å². The number of rotatable bonds is 4. The van der Waals surface area contributed by atoms with E-state index in [1.165, 1.54) is 30.4 Å². The van der Waals surface area contributed by atoms with Crippen molar-refractivity contribution in [3.63, 3.8) is 0 Å². The van der Waals surface area contributed by atoms with Gasteiger partial charge in [-0.2, -0.15) is 0 Å². The molecule has 4 atom stereocenters. The Morgan fingerprint density at radius 3 is 2.85 bits per heavy atom. The van der Waals surface area contributed by atoms with Crippen LogP contribution >= 0.6 is 0 Å². The van der Waals surface area contributed by atoms with Gasteiger partial charge in [-0.05, 0) is 73.1 Å². The molecule has 2 nitrogen and oxygen atoms in total. The maximum absolute atomic E-state index is 5.57. The average molecular weight is 269 g/mol. The molecule has 2 bridgehead atoms. The standard InChI is InChI=1S/C18H23NO/c1-4-15-12(6-8-20-15)9-11(1)5-7-19-18-16-13-2-3-14(10-13)17(16)18/h1,4,9,13-14,16-19H,2-3,5-8,10H2. The van der Waals surface area contributed by atoms with Crippen molar-refractivity contribution in [3.05, 3.63) is 29.3 Å². The molecule has 0 saturated heterocycles. The van der Waals surface area contributed by atoms with Gasteiger partial charge in [0.25, 0.3) is 0 Å². The second-order valence-electron chi connectivity index (χ2n) is 7.26. The Morgan fingerprint density at radius 2 is 2.00 bits per heavy atom. The quantitative estimate of drug-likeness (QED) is 0.907. The van der Waals surface area contributed by atoms with E-state index in [1.807, 2.05) is 0 Å². The lowest BCUT2D eigenvalue weighted by Crippen LogP contribution is -2.25. The van der Waals surface area contributed by atoms with Crippen LogP contribution in [-0.2, 0) is 12.8 Å². The second-order valence-corrected chi connectivity index (χ2v) is 7.26. The minimum atomic E-state index is 0.866. The molecule has 4 aliphatic rings. The minimum absolute atomic E-state index is 0.866. The highest BCUT2D eigenvalue weighted by Crippen LogP contribution is 2.65. The van der Waals surface area contributed by atoms with Gasteiger partial charge in [-0.15, -0.1) is 0 Å². The zero-order valence-corrected chi connectivity index (χ0v) is 12.0. The molecule has 0 radical (unpaired) electrons. The highest BCUT2D eigenvalue weighted by atomic mass is 16.5. The van der Waals surface area contributed by atoms with E-state index < -0.39 is 0 Å². The van der Waals surface area contributed by atoms with Crippen LogP contribution in [0, 0.1) is 23.7 Å². The number of fused-ring (bicyclic) bond motifs is 6. The van der Waals surface area contributed by atoms with Crippen LogP contribution in [-0.4, -0.2) is 19.2 Å². The molecular weight excluding hydrogens is 246 g/mol. The van der Waals surface area contributed by atoms with Crippen LogP contribution in [0.15, 0.2) is 18.2 Å². The van der Waals surface area contributed by atoms with Crippen molar-refractivity contribution in [1.82, 2.24) is 5.32 Å². The molecule has 1 aromatic carbocycles. The summed E-state index contributed by atoms with van der Waals surface area (Å²) in [6.45, 7) is 2.02. The van der Waals surface area contributed by atoms with E-state index in [0.29, 0.717) is 0 Å². The number of ether oxygens (including phenoxy) is 1. The molecule has 0 aromatic heterocycles. The van der Waals surface area contributed by atoms with Gasteiger partial charge in [0, 0.05) is 12.5 Å². The van der Waals surface area contributed by atoms with Crippen molar-refractivity contribution >= 4 is 0 Å². The third-order valence-corrected chi connectivity index (χ3v) is 6.28. The zero-order valence-electron chi connectivity index (χ0n) is 12.0. The summed E-state index contributed by atoms with van der Waals surface area (Å²) in [7, 11) is 0. The summed E-state index contributed by atoms with van der Waals surface area (Å²) >= 11 is 0. The summed E-state index contributed by atoms with van der Waals surface area (Å²) in [5.74, 6) is 5.39. The van der Waals surface area contributed by atoms with Crippen LogP contribution in [0.5, 0.6) is 5.75 Å². The van der Waals surface area contributed by atoms with E-state index in [4.69, 9.17) is 4.74 Å². The molecule has 0 amide bonds. The Balaban J connectivity index is 1.17. The van der Waals surface area contributed by atoms with Crippen LogP contribution in [0.1, 0.15) is 30.4 Å². The number of benzene rings is 1. The van der Waals surface area contributed by atoms with Crippen LogP contribution in [0.25, 0.3) is 0 Å². The van der Waals surface area contributed by atoms with Crippen molar-refractivity contribution in [2.45, 2.75) is 38.1 Å². The van der Waals surface area contributed by atoms with E-state index in [-0.39, 0.29) is 0 Å². The SMILES string of the molecule is c1cc2c(cc1CCNC1C3C4CCC(C4)C13)CCO2. The molecule has 2 heteroatoms. The molecular formula is C18H23NO. The van der Waals surface area contributed by atoms with E-state index in [2.05, 4.69) is 23.5 Å². The van der Waals surface area contributed by atoms with Crippen LogP contribution < -0.4 is 10.1 Å². The van der Waals surface area contributed by atoms with E-state index in [1.54, 1.807) is 6.42 Å². The molecule has 5 rings (SSSR count). The fourth-order valence-corrected chi connectivity index (χ4v) is 5.38. The Bertz CT molecular complexity index is 524. The second kappa shape index (κ2) is 4.24. The number of hydrogen-bond donors (Lipinski definition) is 1. The van der Waals surface area contributed by atoms with Gasteiger partial charge in [0.1, 0.15) is 5.75 Å². The smallest absolute Gasteiger partial charge is 0.122 e. The molecule has 20 heavy (non-hydrogen) atoms. The van der Waals surface area contributed by atoms with Crippen molar-refractivity contribution in [1.29, 1.82) is 0 Å². The van der Waals surface area contributed by atoms with Crippen LogP contribution in [0.4, 0.5) is 0 Å². The maximum Gasteiger partial charge on any atom is 0.122 e. The Hall–Kier alpha value is -1.02. The average Bonchev–Trinajstić information content (AvgIpc) is 2.90. The van der Waals surface area contributed by atoms with E-state index in [0.717, 1.165) is 55.0 Å². The molecule has 3 aliphatic carbocycles. The fourth-order valence-electron chi connectivity index (χ4n) is 5.38. The number of nitrogens with one attached hydrogen (secondary N) is 1. The Morgan fingerprint density at radius 1 is 1.15 bits per heavy atom. The zero-order chi connectivity index (χ0) is 13.1. The summed E-state index contributed by atoms with van der Waals surface area (Å²) in [5, 5.41) is 3.84. The first-order valence-corrected chi connectivity index (χ1v) is 8.38. The molecule has 1 N–H and O–H groups in total. The summed E-state index contributed by atoms with van der Waals surface area (Å²) in [6.07, 6.45) is 6.85. The molecule has 0 spiro atoms. The van der Waals surface area contributed by atoms with E-state index >= 15 is 0 Å². The van der Waals surface area contributed by atoms with E-state index in [9.17, 15) is 0 Å². The van der Waals surface area contributed by atoms with Gasteiger partial charge in [-0.3, -0.25) is 0 Å². The summed E-state index contributed by atoms with van der Waals surface area (Å²) in [5.41, 5.74) is 2.87. The summed E-state index contributed by atoms with van der Waals surface area (Å²) in [6, 6.07) is 7.62. The Labute approximate surface area is 120 Å². The van der Waals surface area contributed by atoms with Crippen molar-refractivity contribution < 1.29 is 4.74 Å². The maximum atomic E-state index is 5.57. The van der Waals surface area contributed by atoms with Gasteiger partial charge >= 0.3 is 0 Å². The van der Waals surface area contributed by atoms with Gasteiger partial charge in [0.2, 0.25) is 0 Å². The summed E-state index contributed by atoms with van der Waals surface area (Å²) in [4.78, 5) is 0. The van der Waals surface area contributed by atoms with Gasteiger partial charge in [-0.1, -0.05) is 12.1 Å². The topological polar surface area (TPSA) is 21.3 Å². The monoisotopic (exact) mass is 269 g/mol. The molecule has 1 aromatic rings. The molecule has 3 saturated carbocycles. The normalized spacial score (nSPS) is 39.5. The predicted molar refractivity (Wildman–Crippen MR) is 78.9 cm³/mol. The van der Waals surface area contributed by atoms with Gasteiger partial charge in [0.15, 0.2) is 0 Å². The molecule has 4 unspecified atom stereocenters. The van der Waals surface area contributed by atoms with Crippen LogP contribution in [0.3, 0.4) is 0 Å². The highest BCUT2D eigenvalue weighted by molar-refractivity contribution is 5.39. The first-order chi connectivity index (χ1) is 9.90. The lowest BCUT2D eigenvalue weighted by molar-refractivity contribution is 0.357. The third kappa shape index (κ3) is 1.67. The molecule has 3 fully saturated rings. The van der Waals surface area contributed by atoms with Crippen LogP contribution in [0.2, 0.25) is 0 Å². The fraction of sp³-hybridized carbons (Fsp3) is 0.667. The first-order valence-electron chi connectivity index (χ1n) is 8.38. The largest absolute Gasteiger partial charge is 0.493 e. The minimum Gasteiger partial charge on any atom is -0.493 e. The lowest BCUT2D eigenvalue weighted by Gasteiger charge is -2.11. The van der Waals surface area contributed by atoms with Gasteiger partial charge in [0.05, 0.1) is 6.61 Å². The Kier molecular flexibility index (Phi) is 2.46. The number of hydrogen-bond acceptors (Lipinski definition) is 2. The molecule has 1 heterocycles. The van der Waals surface area contributed by atoms with Crippen molar-refractivity contribution in [3.8, 4) is 5.75 Å². The first kappa shape index (κ1) is 11.6.